The quantitative estimate of drug-likeness (QED) is 0.353. The Hall–Kier alpha value is -0.530. The van der Waals surface area contributed by atoms with Gasteiger partial charge in [0.25, 0.3) is 0 Å². The number of hydrogen-bond acceptors (Lipinski definition) is 2. The van der Waals surface area contributed by atoms with Gasteiger partial charge in [-0.15, -0.1) is 0 Å². The van der Waals surface area contributed by atoms with Gasteiger partial charge in [-0.1, -0.05) is 45.7 Å². The van der Waals surface area contributed by atoms with Gasteiger partial charge >= 0.3 is 0 Å². The molecule has 0 bridgehead atoms. The van der Waals surface area contributed by atoms with Crippen molar-refractivity contribution in [2.75, 3.05) is 6.61 Å². The van der Waals surface area contributed by atoms with E-state index in [1.54, 1.807) is 0 Å². The van der Waals surface area contributed by atoms with E-state index in [1.165, 1.54) is 12.8 Å². The van der Waals surface area contributed by atoms with E-state index in [2.05, 4.69) is 18.3 Å². The van der Waals surface area contributed by atoms with Crippen LogP contribution in [0.5, 0.6) is 0 Å². The van der Waals surface area contributed by atoms with Crippen LogP contribution in [0.15, 0.2) is 5.16 Å². The summed E-state index contributed by atoms with van der Waals surface area (Å²) in [6.45, 7) is 9.03. The van der Waals surface area contributed by atoms with E-state index >= 15 is 0 Å². The van der Waals surface area contributed by atoms with Crippen molar-refractivity contribution < 1.29 is 4.84 Å². The van der Waals surface area contributed by atoms with Crippen molar-refractivity contribution in [2.24, 2.45) is 10.6 Å². The van der Waals surface area contributed by atoms with Crippen LogP contribution in [-0.4, -0.2) is 12.8 Å². The summed E-state index contributed by atoms with van der Waals surface area (Å²) in [4.78, 5) is 5.03. The Morgan fingerprint density at radius 1 is 1.25 bits per heavy atom. The van der Waals surface area contributed by atoms with Gasteiger partial charge in [-0.25, -0.2) is 0 Å². The minimum atomic E-state index is 0.00472. The van der Waals surface area contributed by atoms with Gasteiger partial charge in [0, 0.05) is 5.41 Å². The van der Waals surface area contributed by atoms with Crippen LogP contribution in [0.3, 0.4) is 0 Å². The summed E-state index contributed by atoms with van der Waals surface area (Å²) < 4.78 is 0. The zero-order valence-corrected chi connectivity index (χ0v) is 8.68. The molecule has 1 radical (unpaired) electrons. The molecule has 0 heterocycles. The van der Waals surface area contributed by atoms with Crippen molar-refractivity contribution in [2.45, 2.75) is 47.0 Å². The van der Waals surface area contributed by atoms with Crippen LogP contribution in [-0.2, 0) is 4.84 Å². The third-order valence-electron chi connectivity index (χ3n) is 1.28. The van der Waals surface area contributed by atoms with E-state index in [0.29, 0.717) is 0 Å². The molecule has 0 spiro atoms. The molecule has 0 fully saturated rings. The molecule has 0 saturated heterocycles. The highest BCUT2D eigenvalue weighted by Crippen LogP contribution is 2.08. The van der Waals surface area contributed by atoms with Crippen molar-refractivity contribution >= 4 is 6.21 Å². The molecule has 0 aromatic heterocycles. The summed E-state index contributed by atoms with van der Waals surface area (Å²) in [5.41, 5.74) is 0.00472. The first-order valence-corrected chi connectivity index (χ1v) is 4.65. The second kappa shape index (κ2) is 6.04. The van der Waals surface area contributed by atoms with E-state index in [-0.39, 0.29) is 5.41 Å². The average molecular weight is 170 g/mol. The fraction of sp³-hybridized carbons (Fsp3) is 0.900. The van der Waals surface area contributed by atoms with E-state index in [4.69, 9.17) is 4.84 Å². The van der Waals surface area contributed by atoms with Gasteiger partial charge < -0.3 is 4.84 Å². The lowest BCUT2D eigenvalue weighted by atomic mass is 10.00. The minimum Gasteiger partial charge on any atom is -0.396 e. The molecule has 0 rings (SSSR count). The number of rotatable bonds is 5. The highest BCUT2D eigenvalue weighted by molar-refractivity contribution is 5.63. The lowest BCUT2D eigenvalue weighted by Crippen LogP contribution is -2.06. The van der Waals surface area contributed by atoms with Crippen LogP contribution in [0, 0.1) is 5.41 Å². The van der Waals surface area contributed by atoms with Gasteiger partial charge in [0.05, 0.1) is 0 Å². The van der Waals surface area contributed by atoms with E-state index in [0.717, 1.165) is 13.0 Å². The molecular weight excluding hydrogens is 150 g/mol. The Morgan fingerprint density at radius 3 is 2.42 bits per heavy atom. The second-order valence-electron chi connectivity index (χ2n) is 3.99. The molecule has 0 N–H and O–H groups in total. The smallest absolute Gasteiger partial charge is 0.117 e. The van der Waals surface area contributed by atoms with Crippen LogP contribution in [0.25, 0.3) is 0 Å². The molecule has 0 aliphatic heterocycles. The Morgan fingerprint density at radius 2 is 1.92 bits per heavy atom. The molecule has 12 heavy (non-hydrogen) atoms. The van der Waals surface area contributed by atoms with Crippen molar-refractivity contribution in [3.05, 3.63) is 0 Å². The fourth-order valence-corrected chi connectivity index (χ4v) is 0.631. The Labute approximate surface area is 76.0 Å². The van der Waals surface area contributed by atoms with Crippen LogP contribution in [0.4, 0.5) is 0 Å². The molecular formula is C10H20NO. The summed E-state index contributed by atoms with van der Waals surface area (Å²) in [5, 5.41) is 3.76. The second-order valence-corrected chi connectivity index (χ2v) is 3.99. The Kier molecular flexibility index (Phi) is 5.77. The molecule has 0 aromatic rings. The van der Waals surface area contributed by atoms with Crippen LogP contribution >= 0.6 is 0 Å². The van der Waals surface area contributed by atoms with Crippen molar-refractivity contribution in [3.8, 4) is 0 Å². The maximum Gasteiger partial charge on any atom is 0.117 e. The zero-order valence-electron chi connectivity index (χ0n) is 8.68. The van der Waals surface area contributed by atoms with Gasteiger partial charge in [0.2, 0.25) is 0 Å². The number of hydrogen-bond donors (Lipinski definition) is 0. The Bertz CT molecular complexity index is 124. The molecule has 0 amide bonds. The minimum absolute atomic E-state index is 0.00472. The van der Waals surface area contributed by atoms with Crippen molar-refractivity contribution in [1.29, 1.82) is 0 Å². The Balaban J connectivity index is 3.25. The predicted molar refractivity (Wildman–Crippen MR) is 52.4 cm³/mol. The zero-order chi connectivity index (χ0) is 9.45. The number of unbranched alkanes of at least 4 members (excludes halogenated alkanes) is 2. The topological polar surface area (TPSA) is 21.6 Å². The molecule has 0 aromatic carbocycles. The highest BCUT2D eigenvalue weighted by Gasteiger charge is 2.06. The van der Waals surface area contributed by atoms with Crippen molar-refractivity contribution in [3.63, 3.8) is 0 Å². The standard InChI is InChI=1S/C10H20NO/c1-5-6-7-8-12-11-9-10(2,3)4/h5-8H2,1-4H3. The summed E-state index contributed by atoms with van der Waals surface area (Å²) in [6, 6.07) is 0. The van der Waals surface area contributed by atoms with Gasteiger partial charge in [-0.05, 0) is 6.42 Å². The normalized spacial score (nSPS) is 12.3. The molecule has 0 saturated carbocycles. The molecule has 2 heteroatoms. The maximum atomic E-state index is 5.03. The summed E-state index contributed by atoms with van der Waals surface area (Å²) in [7, 11) is 0. The highest BCUT2D eigenvalue weighted by atomic mass is 16.6. The maximum absolute atomic E-state index is 5.03. The van der Waals surface area contributed by atoms with Crippen LogP contribution < -0.4 is 0 Å². The third kappa shape index (κ3) is 9.47. The first-order chi connectivity index (χ1) is 5.56. The molecule has 71 valence electrons. The molecule has 0 atom stereocenters. The average Bonchev–Trinajstić information content (AvgIpc) is 1.94. The van der Waals surface area contributed by atoms with Crippen molar-refractivity contribution in [1.82, 2.24) is 0 Å². The molecule has 0 aliphatic carbocycles. The third-order valence-corrected chi connectivity index (χ3v) is 1.28. The lowest BCUT2D eigenvalue weighted by molar-refractivity contribution is 0.139. The molecule has 0 unspecified atom stereocenters. The van der Waals surface area contributed by atoms with Crippen LogP contribution in [0.1, 0.15) is 47.0 Å². The van der Waals surface area contributed by atoms with Gasteiger partial charge in [0.15, 0.2) is 0 Å². The monoisotopic (exact) mass is 170 g/mol. The summed E-state index contributed by atoms with van der Waals surface area (Å²) >= 11 is 0. The van der Waals surface area contributed by atoms with E-state index in [9.17, 15) is 0 Å². The van der Waals surface area contributed by atoms with Gasteiger partial charge in [-0.2, -0.15) is 0 Å². The van der Waals surface area contributed by atoms with E-state index < -0.39 is 0 Å². The SMILES string of the molecule is CCCCCON=[C]C(C)(C)C. The molecule has 0 aliphatic rings. The largest absolute Gasteiger partial charge is 0.396 e. The predicted octanol–water partition coefficient (Wildman–Crippen LogP) is 3.10. The number of nitrogens with zero attached hydrogens (tertiary/aromatic N) is 1. The first-order valence-electron chi connectivity index (χ1n) is 4.65. The van der Waals surface area contributed by atoms with E-state index in [1.807, 2.05) is 20.8 Å². The first kappa shape index (κ1) is 11.5. The van der Waals surface area contributed by atoms with Crippen LogP contribution in [0.2, 0.25) is 0 Å². The van der Waals surface area contributed by atoms with Gasteiger partial charge in [-0.3, -0.25) is 0 Å². The lowest BCUT2D eigenvalue weighted by Gasteiger charge is -2.07. The summed E-state index contributed by atoms with van der Waals surface area (Å²) in [6.07, 6.45) is 6.42. The fourth-order valence-electron chi connectivity index (χ4n) is 0.631. The van der Waals surface area contributed by atoms with Gasteiger partial charge in [0.1, 0.15) is 12.8 Å². The molecule has 2 nitrogen and oxygen atoms in total. The summed E-state index contributed by atoms with van der Waals surface area (Å²) in [5.74, 6) is 0.